The summed E-state index contributed by atoms with van der Waals surface area (Å²) in [5, 5.41) is 10.5. The van der Waals surface area contributed by atoms with Crippen LogP contribution in [0.25, 0.3) is 0 Å². The lowest BCUT2D eigenvalue weighted by molar-refractivity contribution is -0.149. The zero-order valence-corrected chi connectivity index (χ0v) is 14.3. The Morgan fingerprint density at radius 3 is 2.58 bits per heavy atom. The van der Waals surface area contributed by atoms with Crippen molar-refractivity contribution in [2.24, 2.45) is 11.3 Å². The predicted octanol–water partition coefficient (Wildman–Crippen LogP) is 1.33. The van der Waals surface area contributed by atoms with Crippen LogP contribution in [0.2, 0.25) is 5.02 Å². The van der Waals surface area contributed by atoms with Crippen molar-refractivity contribution in [2.45, 2.75) is 6.54 Å². The topological polar surface area (TPSA) is 70.1 Å². The van der Waals surface area contributed by atoms with Crippen molar-refractivity contribution in [1.82, 2.24) is 9.80 Å². The molecule has 130 valence electrons. The summed E-state index contributed by atoms with van der Waals surface area (Å²) in [6, 6.07) is 7.59. The quantitative estimate of drug-likeness (QED) is 0.865. The summed E-state index contributed by atoms with van der Waals surface area (Å²) in [7, 11) is 1.47. The number of fused-ring (bicyclic) bond motifs is 1. The zero-order chi connectivity index (χ0) is 17.3. The van der Waals surface area contributed by atoms with Crippen LogP contribution in [0.3, 0.4) is 0 Å². The Balaban J connectivity index is 1.70. The SMILES string of the molecule is COCC(=O)N1C[C@H]2CN(Cc3ccc(Cl)cc3)C[C@@]2(C(=O)O)C1. The van der Waals surface area contributed by atoms with Crippen LogP contribution < -0.4 is 0 Å². The van der Waals surface area contributed by atoms with Crippen LogP contribution in [0.4, 0.5) is 0 Å². The van der Waals surface area contributed by atoms with Crippen LogP contribution in [0.1, 0.15) is 5.56 Å². The molecular weight excluding hydrogens is 332 g/mol. The van der Waals surface area contributed by atoms with Gasteiger partial charge in [-0.3, -0.25) is 14.5 Å². The fourth-order valence-corrected chi connectivity index (χ4v) is 3.97. The van der Waals surface area contributed by atoms with E-state index >= 15 is 0 Å². The van der Waals surface area contributed by atoms with Gasteiger partial charge >= 0.3 is 5.97 Å². The van der Waals surface area contributed by atoms with Crippen molar-refractivity contribution in [3.63, 3.8) is 0 Å². The fraction of sp³-hybridized carbons (Fsp3) is 0.529. The Bertz CT molecular complexity index is 636. The molecule has 1 amide bonds. The molecular formula is C17H21ClN2O4. The van der Waals surface area contributed by atoms with E-state index in [0.717, 1.165) is 5.56 Å². The van der Waals surface area contributed by atoms with Crippen LogP contribution in [0.15, 0.2) is 24.3 Å². The molecule has 7 heteroatoms. The minimum absolute atomic E-state index is 0.00307. The van der Waals surface area contributed by atoms with E-state index in [-0.39, 0.29) is 25.0 Å². The van der Waals surface area contributed by atoms with Gasteiger partial charge in [-0.15, -0.1) is 0 Å². The number of ether oxygens (including phenoxy) is 1. The number of benzene rings is 1. The molecule has 0 saturated carbocycles. The molecule has 3 rings (SSSR count). The summed E-state index contributed by atoms with van der Waals surface area (Å²) >= 11 is 5.90. The van der Waals surface area contributed by atoms with Crippen molar-refractivity contribution < 1.29 is 19.4 Å². The number of amides is 1. The van der Waals surface area contributed by atoms with Crippen LogP contribution in [-0.2, 0) is 20.9 Å². The Morgan fingerprint density at radius 1 is 1.29 bits per heavy atom. The maximum absolute atomic E-state index is 12.0. The van der Waals surface area contributed by atoms with E-state index in [1.54, 1.807) is 4.90 Å². The molecule has 2 atom stereocenters. The van der Waals surface area contributed by atoms with Crippen LogP contribution in [-0.4, -0.2) is 66.7 Å². The lowest BCUT2D eigenvalue weighted by Crippen LogP contribution is -2.42. The number of carboxylic acid groups (broad SMARTS) is 1. The number of carbonyl (C=O) groups excluding carboxylic acids is 1. The molecule has 24 heavy (non-hydrogen) atoms. The van der Waals surface area contributed by atoms with E-state index < -0.39 is 11.4 Å². The molecule has 2 aliphatic heterocycles. The van der Waals surface area contributed by atoms with Gasteiger partial charge in [-0.1, -0.05) is 23.7 Å². The summed E-state index contributed by atoms with van der Waals surface area (Å²) in [6.45, 7) is 2.54. The van der Waals surface area contributed by atoms with E-state index in [4.69, 9.17) is 16.3 Å². The average Bonchev–Trinajstić information content (AvgIpc) is 3.05. The summed E-state index contributed by atoms with van der Waals surface area (Å²) in [6.07, 6.45) is 0. The summed E-state index contributed by atoms with van der Waals surface area (Å²) in [5.41, 5.74) is 0.225. The van der Waals surface area contributed by atoms with E-state index in [0.29, 0.717) is 31.2 Å². The minimum Gasteiger partial charge on any atom is -0.481 e. The Hall–Kier alpha value is -1.63. The maximum Gasteiger partial charge on any atom is 0.313 e. The number of halogens is 1. The second-order valence-electron chi connectivity index (χ2n) is 6.66. The summed E-state index contributed by atoms with van der Waals surface area (Å²) in [5.74, 6) is -1.02. The second-order valence-corrected chi connectivity index (χ2v) is 7.10. The highest BCUT2D eigenvalue weighted by molar-refractivity contribution is 6.30. The molecule has 0 bridgehead atoms. The molecule has 1 aromatic rings. The molecule has 0 radical (unpaired) electrons. The number of hydrogen-bond donors (Lipinski definition) is 1. The molecule has 2 aliphatic rings. The summed E-state index contributed by atoms with van der Waals surface area (Å²) < 4.78 is 4.88. The van der Waals surface area contributed by atoms with E-state index in [9.17, 15) is 14.7 Å². The number of aliphatic carboxylic acids is 1. The van der Waals surface area contributed by atoms with E-state index in [2.05, 4.69) is 4.90 Å². The van der Waals surface area contributed by atoms with Crippen molar-refractivity contribution >= 4 is 23.5 Å². The molecule has 1 aromatic carbocycles. The number of carbonyl (C=O) groups is 2. The van der Waals surface area contributed by atoms with Crippen molar-refractivity contribution in [3.05, 3.63) is 34.9 Å². The minimum atomic E-state index is -0.879. The van der Waals surface area contributed by atoms with Crippen molar-refractivity contribution in [1.29, 1.82) is 0 Å². The number of methoxy groups -OCH3 is 1. The number of carboxylic acids is 1. The lowest BCUT2D eigenvalue weighted by Gasteiger charge is -2.25. The van der Waals surface area contributed by atoms with Crippen LogP contribution >= 0.6 is 11.6 Å². The normalized spacial score (nSPS) is 26.6. The zero-order valence-electron chi connectivity index (χ0n) is 13.6. The first-order valence-corrected chi connectivity index (χ1v) is 8.29. The third kappa shape index (κ3) is 3.14. The number of nitrogens with zero attached hydrogens (tertiary/aromatic N) is 2. The predicted molar refractivity (Wildman–Crippen MR) is 88.7 cm³/mol. The smallest absolute Gasteiger partial charge is 0.313 e. The summed E-state index contributed by atoms with van der Waals surface area (Å²) in [4.78, 5) is 27.8. The monoisotopic (exact) mass is 352 g/mol. The lowest BCUT2D eigenvalue weighted by atomic mass is 9.81. The van der Waals surface area contributed by atoms with Gasteiger partial charge in [0, 0.05) is 50.8 Å². The third-order valence-electron chi connectivity index (χ3n) is 5.05. The van der Waals surface area contributed by atoms with Crippen LogP contribution in [0, 0.1) is 11.3 Å². The first-order chi connectivity index (χ1) is 11.4. The molecule has 0 aliphatic carbocycles. The van der Waals surface area contributed by atoms with Gasteiger partial charge in [0.15, 0.2) is 0 Å². The van der Waals surface area contributed by atoms with Gasteiger partial charge in [0.1, 0.15) is 12.0 Å². The van der Waals surface area contributed by atoms with Gasteiger partial charge in [0.2, 0.25) is 5.91 Å². The van der Waals surface area contributed by atoms with Crippen molar-refractivity contribution in [3.8, 4) is 0 Å². The first-order valence-electron chi connectivity index (χ1n) is 7.91. The second kappa shape index (κ2) is 6.70. The highest BCUT2D eigenvalue weighted by Gasteiger charge is 2.58. The van der Waals surface area contributed by atoms with E-state index in [1.165, 1.54) is 7.11 Å². The van der Waals surface area contributed by atoms with Gasteiger partial charge in [0.25, 0.3) is 0 Å². The van der Waals surface area contributed by atoms with E-state index in [1.807, 2.05) is 24.3 Å². The third-order valence-corrected chi connectivity index (χ3v) is 5.30. The molecule has 0 unspecified atom stereocenters. The molecule has 0 spiro atoms. The number of hydrogen-bond acceptors (Lipinski definition) is 4. The Labute approximate surface area is 145 Å². The van der Waals surface area contributed by atoms with Gasteiger partial charge in [-0.05, 0) is 17.7 Å². The fourth-order valence-electron chi connectivity index (χ4n) is 3.84. The molecule has 6 nitrogen and oxygen atoms in total. The van der Waals surface area contributed by atoms with Gasteiger partial charge in [-0.25, -0.2) is 0 Å². The maximum atomic E-state index is 12.0. The molecule has 1 N–H and O–H groups in total. The Kier molecular flexibility index (Phi) is 4.80. The molecule has 0 aromatic heterocycles. The molecule has 2 saturated heterocycles. The van der Waals surface area contributed by atoms with Crippen LogP contribution in [0.5, 0.6) is 0 Å². The van der Waals surface area contributed by atoms with Crippen molar-refractivity contribution in [2.75, 3.05) is 39.9 Å². The number of rotatable bonds is 5. The Morgan fingerprint density at radius 2 is 2.00 bits per heavy atom. The standard InChI is InChI=1S/C17H21ClN2O4/c1-24-9-15(21)20-8-13-7-19(10-17(13,11-20)16(22)23)6-12-2-4-14(18)5-3-12/h2-5,13H,6-11H2,1H3,(H,22,23)/t13-,17-/m1/s1. The van der Waals surface area contributed by atoms with Gasteiger partial charge < -0.3 is 14.7 Å². The van der Waals surface area contributed by atoms with Gasteiger partial charge in [0.05, 0.1) is 0 Å². The first kappa shape index (κ1) is 17.2. The highest BCUT2D eigenvalue weighted by Crippen LogP contribution is 2.43. The molecule has 2 fully saturated rings. The highest BCUT2D eigenvalue weighted by atomic mass is 35.5. The molecule has 2 heterocycles. The largest absolute Gasteiger partial charge is 0.481 e. The number of likely N-dealkylation sites (tertiary alicyclic amines) is 2. The average molecular weight is 353 g/mol. The van der Waals surface area contributed by atoms with Gasteiger partial charge in [-0.2, -0.15) is 0 Å².